The number of benzene rings is 1. The Hall–Kier alpha value is -1.80. The molecule has 1 aliphatic heterocycles. The highest BCUT2D eigenvalue weighted by atomic mass is 32.2. The van der Waals surface area contributed by atoms with Gasteiger partial charge in [0.25, 0.3) is 0 Å². The summed E-state index contributed by atoms with van der Waals surface area (Å²) in [6, 6.07) is 6.44. The zero-order valence-electron chi connectivity index (χ0n) is 11.5. The number of amidine groups is 1. The van der Waals surface area contributed by atoms with Crippen LogP contribution in [0.15, 0.2) is 24.3 Å². The summed E-state index contributed by atoms with van der Waals surface area (Å²) in [6.45, 7) is 0.631. The molecule has 1 aliphatic rings. The highest BCUT2D eigenvalue weighted by Crippen LogP contribution is 2.19. The average Bonchev–Trinajstić information content (AvgIpc) is 2.89. The Bertz CT molecular complexity index is 580. The van der Waals surface area contributed by atoms with Crippen molar-refractivity contribution >= 4 is 21.5 Å². The van der Waals surface area contributed by atoms with E-state index in [4.69, 9.17) is 20.6 Å². The lowest BCUT2D eigenvalue weighted by Gasteiger charge is -2.12. The third-order valence-corrected chi connectivity index (χ3v) is 4.31. The van der Waals surface area contributed by atoms with E-state index in [0.717, 1.165) is 12.8 Å². The highest BCUT2D eigenvalue weighted by Gasteiger charge is 2.23. The van der Waals surface area contributed by atoms with E-state index in [1.54, 1.807) is 24.3 Å². The van der Waals surface area contributed by atoms with Crippen LogP contribution in [-0.2, 0) is 14.8 Å². The summed E-state index contributed by atoms with van der Waals surface area (Å²) in [6.07, 6.45) is 1.46. The number of sulfonamides is 1. The van der Waals surface area contributed by atoms with Gasteiger partial charge < -0.3 is 15.2 Å². The Balaban J connectivity index is 1.91. The molecule has 0 radical (unpaired) electrons. The van der Waals surface area contributed by atoms with Crippen LogP contribution in [0.4, 0.5) is 5.69 Å². The lowest BCUT2D eigenvalue weighted by atomic mass is 10.3. The fraction of sp³-hybridized carbons (Fsp3) is 0.462. The molecular weight excluding hydrogens is 294 g/mol. The van der Waals surface area contributed by atoms with Crippen LogP contribution >= 0.6 is 0 Å². The molecule has 116 valence electrons. The Morgan fingerprint density at radius 1 is 1.43 bits per heavy atom. The summed E-state index contributed by atoms with van der Waals surface area (Å²) < 4.78 is 37.0. The van der Waals surface area contributed by atoms with Gasteiger partial charge >= 0.3 is 0 Å². The molecule has 7 nitrogen and oxygen atoms in total. The van der Waals surface area contributed by atoms with Crippen LogP contribution in [0.3, 0.4) is 0 Å². The number of ether oxygens (including phenoxy) is 2. The number of rotatable bonds is 7. The first-order valence-electron chi connectivity index (χ1n) is 6.62. The van der Waals surface area contributed by atoms with Crippen molar-refractivity contribution in [2.75, 3.05) is 23.7 Å². The van der Waals surface area contributed by atoms with E-state index < -0.39 is 10.0 Å². The van der Waals surface area contributed by atoms with Gasteiger partial charge in [-0.3, -0.25) is 10.1 Å². The van der Waals surface area contributed by atoms with E-state index in [9.17, 15) is 8.42 Å². The summed E-state index contributed by atoms with van der Waals surface area (Å²) >= 11 is 0. The van der Waals surface area contributed by atoms with E-state index >= 15 is 0 Å². The maximum Gasteiger partial charge on any atom is 0.235 e. The predicted octanol–water partition coefficient (Wildman–Crippen LogP) is 0.922. The van der Waals surface area contributed by atoms with E-state index in [1.807, 2.05) is 0 Å². The van der Waals surface area contributed by atoms with Gasteiger partial charge in [0.15, 0.2) is 0 Å². The summed E-state index contributed by atoms with van der Waals surface area (Å²) in [5.74, 6) is 0.416. The van der Waals surface area contributed by atoms with Gasteiger partial charge in [0, 0.05) is 12.3 Å². The first kappa shape index (κ1) is 15.6. The lowest BCUT2D eigenvalue weighted by molar-refractivity contribution is 0.127. The molecule has 0 aliphatic carbocycles. The number of nitrogens with one attached hydrogen (secondary N) is 2. The summed E-state index contributed by atoms with van der Waals surface area (Å²) in [4.78, 5) is 0. The summed E-state index contributed by atoms with van der Waals surface area (Å²) in [5.41, 5.74) is 5.65. The van der Waals surface area contributed by atoms with Crippen molar-refractivity contribution in [2.24, 2.45) is 5.73 Å². The number of anilines is 1. The highest BCUT2D eigenvalue weighted by molar-refractivity contribution is 7.92. The maximum absolute atomic E-state index is 12.0. The molecule has 1 aromatic carbocycles. The van der Waals surface area contributed by atoms with Gasteiger partial charge in [0.05, 0.1) is 11.9 Å². The molecule has 0 aromatic heterocycles. The molecule has 1 saturated heterocycles. The van der Waals surface area contributed by atoms with E-state index in [0.29, 0.717) is 18.0 Å². The van der Waals surface area contributed by atoms with Crippen LogP contribution < -0.4 is 15.2 Å². The molecule has 0 saturated carbocycles. The van der Waals surface area contributed by atoms with Gasteiger partial charge in [-0.1, -0.05) is 0 Å². The molecule has 0 bridgehead atoms. The second-order valence-electron chi connectivity index (χ2n) is 4.86. The number of hydrogen-bond acceptors (Lipinski definition) is 5. The Morgan fingerprint density at radius 2 is 2.14 bits per heavy atom. The molecular formula is C13H19N3O4S. The summed E-state index contributed by atoms with van der Waals surface area (Å²) in [5, 5.41) is 7.06. The van der Waals surface area contributed by atoms with E-state index in [1.165, 1.54) is 0 Å². The Kier molecular flexibility index (Phi) is 5.03. The third kappa shape index (κ3) is 5.24. The molecule has 1 atom stereocenters. The first-order chi connectivity index (χ1) is 9.94. The van der Waals surface area contributed by atoms with Gasteiger partial charge in [0.1, 0.15) is 18.2 Å². The van der Waals surface area contributed by atoms with Crippen molar-refractivity contribution in [2.45, 2.75) is 18.9 Å². The number of hydrogen-bond donors (Lipinski definition) is 3. The maximum atomic E-state index is 12.0. The zero-order valence-corrected chi connectivity index (χ0v) is 12.4. The van der Waals surface area contributed by atoms with Crippen LogP contribution in [0.2, 0.25) is 0 Å². The van der Waals surface area contributed by atoms with Crippen LogP contribution in [0.25, 0.3) is 0 Å². The monoisotopic (exact) mass is 313 g/mol. The first-order valence-corrected chi connectivity index (χ1v) is 8.28. The zero-order chi connectivity index (χ0) is 15.3. The molecule has 1 aromatic rings. The van der Waals surface area contributed by atoms with Crippen molar-refractivity contribution in [1.82, 2.24) is 0 Å². The molecule has 1 unspecified atom stereocenters. The standard InChI is InChI=1S/C13H19N3O4S/c14-13(15)8-20-11-5-3-10(4-6-11)16-21(17,18)9-12-2-1-7-19-12/h3-6,12,16H,1-2,7-9H2,(H3,14,15). The number of nitrogens with two attached hydrogens (primary N) is 1. The normalized spacial score (nSPS) is 18.4. The SMILES string of the molecule is N=C(N)COc1ccc(NS(=O)(=O)CC2CCCO2)cc1. The molecule has 8 heteroatoms. The minimum absolute atomic E-state index is 0.00406. The van der Waals surface area contributed by atoms with Crippen molar-refractivity contribution in [3.8, 4) is 5.75 Å². The van der Waals surface area contributed by atoms with Crippen molar-refractivity contribution in [3.05, 3.63) is 24.3 Å². The van der Waals surface area contributed by atoms with Gasteiger partial charge in [-0.05, 0) is 37.1 Å². The minimum atomic E-state index is -3.43. The van der Waals surface area contributed by atoms with E-state index in [-0.39, 0.29) is 24.3 Å². The van der Waals surface area contributed by atoms with Crippen LogP contribution in [0.5, 0.6) is 5.75 Å². The van der Waals surface area contributed by atoms with Crippen molar-refractivity contribution < 1.29 is 17.9 Å². The topological polar surface area (TPSA) is 115 Å². The van der Waals surface area contributed by atoms with Gasteiger partial charge in [-0.25, -0.2) is 8.42 Å². The largest absolute Gasteiger partial charge is 0.486 e. The second-order valence-corrected chi connectivity index (χ2v) is 6.62. The fourth-order valence-corrected chi connectivity index (χ4v) is 3.35. The quantitative estimate of drug-likeness (QED) is 0.511. The van der Waals surface area contributed by atoms with Crippen LogP contribution in [0.1, 0.15) is 12.8 Å². The molecule has 2 rings (SSSR count). The van der Waals surface area contributed by atoms with E-state index in [2.05, 4.69) is 4.72 Å². The second kappa shape index (κ2) is 6.77. The van der Waals surface area contributed by atoms with Crippen molar-refractivity contribution in [3.63, 3.8) is 0 Å². The fourth-order valence-electron chi connectivity index (χ4n) is 2.02. The van der Waals surface area contributed by atoms with Crippen LogP contribution in [-0.4, -0.2) is 39.3 Å². The van der Waals surface area contributed by atoms with Gasteiger partial charge in [-0.15, -0.1) is 0 Å². The third-order valence-electron chi connectivity index (χ3n) is 2.95. The Labute approximate surface area is 124 Å². The lowest BCUT2D eigenvalue weighted by Crippen LogP contribution is -2.25. The van der Waals surface area contributed by atoms with Crippen LogP contribution in [0, 0.1) is 5.41 Å². The Morgan fingerprint density at radius 3 is 2.71 bits per heavy atom. The summed E-state index contributed by atoms with van der Waals surface area (Å²) in [7, 11) is -3.43. The molecule has 21 heavy (non-hydrogen) atoms. The molecule has 0 amide bonds. The van der Waals surface area contributed by atoms with Gasteiger partial charge in [0.2, 0.25) is 10.0 Å². The molecule has 1 heterocycles. The molecule has 0 spiro atoms. The smallest absolute Gasteiger partial charge is 0.235 e. The molecule has 4 N–H and O–H groups in total. The van der Waals surface area contributed by atoms with Gasteiger partial charge in [-0.2, -0.15) is 0 Å². The minimum Gasteiger partial charge on any atom is -0.486 e. The van der Waals surface area contributed by atoms with Crippen molar-refractivity contribution in [1.29, 1.82) is 5.41 Å². The molecule has 1 fully saturated rings. The average molecular weight is 313 g/mol. The predicted molar refractivity (Wildman–Crippen MR) is 80.2 cm³/mol.